The Bertz CT molecular complexity index is 256. The Morgan fingerprint density at radius 1 is 1.29 bits per heavy atom. The summed E-state index contributed by atoms with van der Waals surface area (Å²) in [6.45, 7) is 1.55. The van der Waals surface area contributed by atoms with Crippen molar-refractivity contribution in [3.63, 3.8) is 0 Å². The van der Waals surface area contributed by atoms with E-state index in [1.54, 1.807) is 0 Å². The van der Waals surface area contributed by atoms with E-state index in [0.717, 1.165) is 32.2 Å². The third-order valence-corrected chi connectivity index (χ3v) is 3.48. The maximum Gasteiger partial charge on any atom is 0.313 e. The Morgan fingerprint density at radius 3 is 3.14 bits per heavy atom. The van der Waals surface area contributed by atoms with E-state index in [9.17, 15) is 4.79 Å². The summed E-state index contributed by atoms with van der Waals surface area (Å²) in [6, 6.07) is 0.297. The Balaban J connectivity index is 1.85. The summed E-state index contributed by atoms with van der Waals surface area (Å²) < 4.78 is 5.18. The molecular weight excluding hydrogens is 182 g/mol. The van der Waals surface area contributed by atoms with Crippen molar-refractivity contribution < 1.29 is 14.4 Å². The fourth-order valence-electron chi connectivity index (χ4n) is 2.84. The standard InChI is InChI=1S/C10H15NO3/c12-10-9-7-3-1-5-11(7)14-8(9)4-2-6-13-10/h7-9H,1-6H2/t7-,8+,9+/m1/s1. The van der Waals surface area contributed by atoms with Gasteiger partial charge in [0.1, 0.15) is 5.92 Å². The van der Waals surface area contributed by atoms with Gasteiger partial charge < -0.3 is 4.74 Å². The Labute approximate surface area is 83.1 Å². The Kier molecular flexibility index (Phi) is 1.99. The summed E-state index contributed by atoms with van der Waals surface area (Å²) in [6.07, 6.45) is 4.21. The Hall–Kier alpha value is -0.610. The van der Waals surface area contributed by atoms with Crippen LogP contribution in [0.25, 0.3) is 0 Å². The predicted molar refractivity (Wildman–Crippen MR) is 48.3 cm³/mol. The van der Waals surface area contributed by atoms with Crippen molar-refractivity contribution in [1.82, 2.24) is 5.06 Å². The molecule has 0 N–H and O–H groups in total. The largest absolute Gasteiger partial charge is 0.465 e. The molecule has 0 unspecified atom stereocenters. The second-order valence-electron chi connectivity index (χ2n) is 4.33. The second-order valence-corrected chi connectivity index (χ2v) is 4.33. The van der Waals surface area contributed by atoms with Crippen LogP contribution in [-0.2, 0) is 14.4 Å². The Morgan fingerprint density at radius 2 is 2.21 bits per heavy atom. The number of carbonyl (C=O) groups excluding carboxylic acids is 1. The highest BCUT2D eigenvalue weighted by Gasteiger charge is 2.50. The monoisotopic (exact) mass is 197 g/mol. The fraction of sp³-hybridized carbons (Fsp3) is 0.900. The molecule has 0 saturated carbocycles. The van der Waals surface area contributed by atoms with E-state index >= 15 is 0 Å². The molecule has 3 rings (SSSR count). The van der Waals surface area contributed by atoms with E-state index in [0.29, 0.717) is 12.6 Å². The van der Waals surface area contributed by atoms with Gasteiger partial charge in [0.05, 0.1) is 18.8 Å². The lowest BCUT2D eigenvalue weighted by Gasteiger charge is -2.15. The summed E-state index contributed by atoms with van der Waals surface area (Å²) in [7, 11) is 0. The normalized spacial score (nSPS) is 42.9. The van der Waals surface area contributed by atoms with Crippen molar-refractivity contribution in [1.29, 1.82) is 0 Å². The summed E-state index contributed by atoms with van der Waals surface area (Å²) in [5.74, 6) is -0.0538. The highest BCUT2D eigenvalue weighted by Crippen LogP contribution is 2.38. The number of nitrogens with zero attached hydrogens (tertiary/aromatic N) is 1. The third-order valence-electron chi connectivity index (χ3n) is 3.48. The van der Waals surface area contributed by atoms with Crippen LogP contribution >= 0.6 is 0 Å². The van der Waals surface area contributed by atoms with Crippen LogP contribution in [0.2, 0.25) is 0 Å². The van der Waals surface area contributed by atoms with Crippen LogP contribution in [0, 0.1) is 5.92 Å². The lowest BCUT2D eigenvalue weighted by atomic mass is 9.92. The minimum Gasteiger partial charge on any atom is -0.465 e. The average Bonchev–Trinajstić information content (AvgIpc) is 2.66. The molecule has 4 heteroatoms. The van der Waals surface area contributed by atoms with Crippen molar-refractivity contribution in [3.8, 4) is 0 Å². The van der Waals surface area contributed by atoms with Gasteiger partial charge >= 0.3 is 5.97 Å². The molecule has 3 aliphatic rings. The molecule has 0 aromatic heterocycles. The number of carbonyl (C=O) groups is 1. The van der Waals surface area contributed by atoms with Crippen molar-refractivity contribution in [2.45, 2.75) is 37.8 Å². The summed E-state index contributed by atoms with van der Waals surface area (Å²) in [5, 5.41) is 2.00. The molecule has 3 atom stereocenters. The number of esters is 1. The third kappa shape index (κ3) is 1.17. The maximum absolute atomic E-state index is 11.7. The number of cyclic esters (lactones) is 1. The summed E-state index contributed by atoms with van der Waals surface area (Å²) in [5.41, 5.74) is 0. The van der Waals surface area contributed by atoms with E-state index in [4.69, 9.17) is 9.57 Å². The molecule has 3 saturated heterocycles. The van der Waals surface area contributed by atoms with E-state index in [-0.39, 0.29) is 18.0 Å². The molecule has 0 spiro atoms. The van der Waals surface area contributed by atoms with Crippen LogP contribution in [0.1, 0.15) is 25.7 Å². The van der Waals surface area contributed by atoms with Crippen molar-refractivity contribution in [2.24, 2.45) is 5.92 Å². The van der Waals surface area contributed by atoms with Crippen LogP contribution in [0.15, 0.2) is 0 Å². The summed E-state index contributed by atoms with van der Waals surface area (Å²) >= 11 is 0. The first kappa shape index (κ1) is 8.68. The quantitative estimate of drug-likeness (QED) is 0.536. The lowest BCUT2D eigenvalue weighted by Crippen LogP contribution is -2.32. The van der Waals surface area contributed by atoms with Crippen LogP contribution < -0.4 is 0 Å². The molecule has 3 fully saturated rings. The highest BCUT2D eigenvalue weighted by molar-refractivity contribution is 5.74. The molecule has 0 radical (unpaired) electrons. The highest BCUT2D eigenvalue weighted by atomic mass is 16.7. The van der Waals surface area contributed by atoms with Crippen molar-refractivity contribution >= 4 is 5.97 Å². The second kappa shape index (κ2) is 3.21. The molecule has 14 heavy (non-hydrogen) atoms. The van der Waals surface area contributed by atoms with Crippen LogP contribution in [0.5, 0.6) is 0 Å². The van der Waals surface area contributed by atoms with E-state index < -0.39 is 0 Å². The lowest BCUT2D eigenvalue weighted by molar-refractivity contribution is -0.152. The molecule has 0 aromatic carbocycles. The van der Waals surface area contributed by atoms with E-state index in [2.05, 4.69) is 0 Å². The summed E-state index contributed by atoms with van der Waals surface area (Å²) in [4.78, 5) is 17.5. The number of ether oxygens (including phenoxy) is 1. The van der Waals surface area contributed by atoms with E-state index in [1.165, 1.54) is 0 Å². The molecule has 0 bridgehead atoms. The topological polar surface area (TPSA) is 38.8 Å². The number of hydrogen-bond acceptors (Lipinski definition) is 4. The van der Waals surface area contributed by atoms with Gasteiger partial charge in [0, 0.05) is 6.54 Å². The molecule has 78 valence electrons. The first-order valence-electron chi connectivity index (χ1n) is 5.46. The number of hydroxylamine groups is 2. The maximum atomic E-state index is 11.7. The van der Waals surface area contributed by atoms with E-state index in [1.807, 2.05) is 5.06 Å². The number of hydrogen-bond donors (Lipinski definition) is 0. The number of rotatable bonds is 0. The van der Waals surface area contributed by atoms with Crippen LogP contribution in [0.4, 0.5) is 0 Å². The molecule has 0 aliphatic carbocycles. The predicted octanol–water partition coefficient (Wildman–Crippen LogP) is 0.718. The fourth-order valence-corrected chi connectivity index (χ4v) is 2.84. The van der Waals surface area contributed by atoms with Gasteiger partial charge in [-0.3, -0.25) is 9.63 Å². The van der Waals surface area contributed by atoms with Crippen LogP contribution in [0.3, 0.4) is 0 Å². The van der Waals surface area contributed by atoms with Gasteiger partial charge in [-0.25, -0.2) is 0 Å². The average molecular weight is 197 g/mol. The first-order valence-corrected chi connectivity index (χ1v) is 5.46. The van der Waals surface area contributed by atoms with Crippen LogP contribution in [-0.4, -0.2) is 36.3 Å². The molecule has 0 aromatic rings. The van der Waals surface area contributed by atoms with Crippen molar-refractivity contribution in [3.05, 3.63) is 0 Å². The molecular formula is C10H15NO3. The van der Waals surface area contributed by atoms with Gasteiger partial charge in [-0.2, -0.15) is 5.06 Å². The molecule has 3 aliphatic heterocycles. The zero-order valence-electron chi connectivity index (χ0n) is 8.15. The molecule has 0 amide bonds. The van der Waals surface area contributed by atoms with Gasteiger partial charge in [-0.05, 0) is 25.7 Å². The van der Waals surface area contributed by atoms with Crippen molar-refractivity contribution in [2.75, 3.05) is 13.2 Å². The first-order chi connectivity index (χ1) is 6.86. The van der Waals surface area contributed by atoms with Gasteiger partial charge in [0.2, 0.25) is 0 Å². The molecule has 4 nitrogen and oxygen atoms in total. The zero-order valence-corrected chi connectivity index (χ0v) is 8.15. The SMILES string of the molecule is O=C1OCCC[C@@H]2ON3CCC[C@@H]3[C@H]12. The van der Waals surface area contributed by atoms with Gasteiger partial charge in [0.25, 0.3) is 0 Å². The smallest absolute Gasteiger partial charge is 0.313 e. The zero-order chi connectivity index (χ0) is 9.54. The van der Waals surface area contributed by atoms with Gasteiger partial charge in [-0.15, -0.1) is 0 Å². The molecule has 3 heterocycles. The van der Waals surface area contributed by atoms with Gasteiger partial charge in [0.15, 0.2) is 0 Å². The number of fused-ring (bicyclic) bond motifs is 3. The minimum absolute atomic E-state index is 0.0139. The minimum atomic E-state index is -0.0399. The van der Waals surface area contributed by atoms with Gasteiger partial charge in [-0.1, -0.05) is 0 Å².